The Morgan fingerprint density at radius 3 is 2.74 bits per heavy atom. The Bertz CT molecular complexity index is 457. The molecule has 19 heavy (non-hydrogen) atoms. The predicted molar refractivity (Wildman–Crippen MR) is 76.7 cm³/mol. The predicted octanol–water partition coefficient (Wildman–Crippen LogP) is 2.23. The molecule has 4 nitrogen and oxygen atoms in total. The number of rotatable bonds is 3. The second-order valence-electron chi connectivity index (χ2n) is 4.86. The summed E-state index contributed by atoms with van der Waals surface area (Å²) < 4.78 is 0. The van der Waals surface area contributed by atoms with E-state index in [-0.39, 0.29) is 12.5 Å². The van der Waals surface area contributed by atoms with Crippen molar-refractivity contribution in [2.45, 2.75) is 12.8 Å². The number of nitrogens with one attached hydrogen (secondary N) is 1. The van der Waals surface area contributed by atoms with E-state index in [2.05, 4.69) is 5.32 Å². The van der Waals surface area contributed by atoms with Gasteiger partial charge in [0.1, 0.15) is 0 Å². The Morgan fingerprint density at radius 2 is 2.16 bits per heavy atom. The van der Waals surface area contributed by atoms with E-state index < -0.39 is 0 Å². The van der Waals surface area contributed by atoms with Crippen molar-refractivity contribution in [2.24, 2.45) is 5.92 Å². The van der Waals surface area contributed by atoms with Crippen molar-refractivity contribution in [3.63, 3.8) is 0 Å². The highest BCUT2D eigenvalue weighted by atomic mass is 35.5. The number of piperidine rings is 1. The third kappa shape index (κ3) is 3.19. The molecule has 1 amide bonds. The largest absolute Gasteiger partial charge is 0.396 e. The fourth-order valence-corrected chi connectivity index (χ4v) is 2.57. The second kappa shape index (κ2) is 6.26. The molecule has 0 saturated carbocycles. The molecule has 1 aliphatic rings. The molecule has 1 heterocycles. The zero-order valence-electron chi connectivity index (χ0n) is 11.0. The number of hydrogen-bond acceptors (Lipinski definition) is 3. The lowest BCUT2D eigenvalue weighted by Crippen LogP contribution is -2.39. The lowest BCUT2D eigenvalue weighted by molar-refractivity contribution is 0.0652. The molecule has 0 radical (unpaired) electrons. The van der Waals surface area contributed by atoms with Crippen molar-refractivity contribution >= 4 is 23.2 Å². The number of amides is 1. The zero-order valence-corrected chi connectivity index (χ0v) is 11.8. The molecule has 0 bridgehead atoms. The standard InChI is InChI=1S/C14H19ClN2O2/c1-16-13-3-2-11(15)8-12(13)14(19)17-6-4-10(9-18)5-7-17/h2-3,8,10,16,18H,4-7,9H2,1H3. The minimum atomic E-state index is 0.00300. The van der Waals surface area contributed by atoms with Crippen molar-refractivity contribution in [1.29, 1.82) is 0 Å². The molecule has 1 aliphatic heterocycles. The Balaban J connectivity index is 2.14. The zero-order chi connectivity index (χ0) is 13.8. The van der Waals surface area contributed by atoms with Gasteiger partial charge in [0.15, 0.2) is 0 Å². The van der Waals surface area contributed by atoms with E-state index in [4.69, 9.17) is 16.7 Å². The van der Waals surface area contributed by atoms with E-state index in [0.717, 1.165) is 18.5 Å². The van der Waals surface area contributed by atoms with Gasteiger partial charge in [-0.1, -0.05) is 11.6 Å². The fraction of sp³-hybridized carbons (Fsp3) is 0.500. The van der Waals surface area contributed by atoms with Gasteiger partial charge in [-0.05, 0) is 37.0 Å². The van der Waals surface area contributed by atoms with Crippen LogP contribution in [0.4, 0.5) is 5.69 Å². The maximum atomic E-state index is 12.5. The maximum Gasteiger partial charge on any atom is 0.256 e. The van der Waals surface area contributed by atoms with Gasteiger partial charge in [-0.2, -0.15) is 0 Å². The Morgan fingerprint density at radius 1 is 1.47 bits per heavy atom. The average molecular weight is 283 g/mol. The molecule has 0 unspecified atom stereocenters. The number of likely N-dealkylation sites (tertiary alicyclic amines) is 1. The molecule has 5 heteroatoms. The van der Waals surface area contributed by atoms with Gasteiger partial charge in [0.25, 0.3) is 5.91 Å². The van der Waals surface area contributed by atoms with Gasteiger partial charge >= 0.3 is 0 Å². The number of carbonyl (C=O) groups is 1. The lowest BCUT2D eigenvalue weighted by Gasteiger charge is -2.31. The Hall–Kier alpha value is -1.26. The minimum Gasteiger partial charge on any atom is -0.396 e. The lowest BCUT2D eigenvalue weighted by atomic mass is 9.97. The molecule has 2 N–H and O–H groups in total. The van der Waals surface area contributed by atoms with Gasteiger partial charge < -0.3 is 15.3 Å². The van der Waals surface area contributed by atoms with Crippen molar-refractivity contribution < 1.29 is 9.90 Å². The number of anilines is 1. The smallest absolute Gasteiger partial charge is 0.256 e. The molecular weight excluding hydrogens is 264 g/mol. The van der Waals surface area contributed by atoms with Crippen LogP contribution in [0.5, 0.6) is 0 Å². The number of benzene rings is 1. The number of nitrogens with zero attached hydrogens (tertiary/aromatic N) is 1. The molecule has 1 saturated heterocycles. The molecule has 0 aromatic heterocycles. The van der Waals surface area contributed by atoms with Crippen molar-refractivity contribution in [2.75, 3.05) is 32.1 Å². The topological polar surface area (TPSA) is 52.6 Å². The molecule has 1 aromatic rings. The highest BCUT2D eigenvalue weighted by molar-refractivity contribution is 6.31. The van der Waals surface area contributed by atoms with Crippen LogP contribution in [0.15, 0.2) is 18.2 Å². The molecule has 0 aliphatic carbocycles. The summed E-state index contributed by atoms with van der Waals surface area (Å²) in [6.45, 7) is 1.60. The SMILES string of the molecule is CNc1ccc(Cl)cc1C(=O)N1CCC(CO)CC1. The first-order chi connectivity index (χ1) is 9.15. The van der Waals surface area contributed by atoms with Crippen LogP contribution >= 0.6 is 11.6 Å². The summed E-state index contributed by atoms with van der Waals surface area (Å²) >= 11 is 5.97. The van der Waals surface area contributed by atoms with Crippen LogP contribution in [0.2, 0.25) is 5.02 Å². The van der Waals surface area contributed by atoms with Crippen LogP contribution in [0.25, 0.3) is 0 Å². The molecule has 104 valence electrons. The van der Waals surface area contributed by atoms with E-state index in [1.165, 1.54) is 0 Å². The number of aliphatic hydroxyl groups excluding tert-OH is 1. The highest BCUT2D eigenvalue weighted by Gasteiger charge is 2.24. The third-order valence-corrected chi connectivity index (χ3v) is 3.88. The number of hydrogen-bond donors (Lipinski definition) is 2. The van der Waals surface area contributed by atoms with Crippen LogP contribution < -0.4 is 5.32 Å². The maximum absolute atomic E-state index is 12.5. The second-order valence-corrected chi connectivity index (χ2v) is 5.29. The summed E-state index contributed by atoms with van der Waals surface area (Å²) in [5.41, 5.74) is 1.40. The Labute approximate surface area is 118 Å². The summed E-state index contributed by atoms with van der Waals surface area (Å²) in [5, 5.41) is 12.7. The van der Waals surface area contributed by atoms with Crippen LogP contribution in [-0.2, 0) is 0 Å². The van der Waals surface area contributed by atoms with Gasteiger partial charge in [0.05, 0.1) is 5.56 Å². The fourth-order valence-electron chi connectivity index (χ4n) is 2.40. The van der Waals surface area contributed by atoms with Crippen molar-refractivity contribution in [1.82, 2.24) is 4.90 Å². The van der Waals surface area contributed by atoms with E-state index in [0.29, 0.717) is 29.6 Å². The van der Waals surface area contributed by atoms with Gasteiger partial charge in [0, 0.05) is 37.5 Å². The van der Waals surface area contributed by atoms with E-state index in [1.54, 1.807) is 19.2 Å². The molecule has 1 fully saturated rings. The molecule has 1 aromatic carbocycles. The summed E-state index contributed by atoms with van der Waals surface area (Å²) in [6, 6.07) is 5.28. The Kier molecular flexibility index (Phi) is 4.66. The van der Waals surface area contributed by atoms with Gasteiger partial charge in [0.2, 0.25) is 0 Å². The number of halogens is 1. The first-order valence-electron chi connectivity index (χ1n) is 6.53. The average Bonchev–Trinajstić information content (AvgIpc) is 2.46. The number of aliphatic hydroxyl groups is 1. The molecule has 2 rings (SSSR count). The first-order valence-corrected chi connectivity index (χ1v) is 6.91. The van der Waals surface area contributed by atoms with Gasteiger partial charge in [-0.25, -0.2) is 0 Å². The van der Waals surface area contributed by atoms with E-state index in [1.807, 2.05) is 11.0 Å². The van der Waals surface area contributed by atoms with Crippen LogP contribution in [0.1, 0.15) is 23.2 Å². The van der Waals surface area contributed by atoms with Crippen LogP contribution in [0, 0.1) is 5.92 Å². The normalized spacial score (nSPS) is 16.5. The summed E-state index contributed by atoms with van der Waals surface area (Å²) in [5.74, 6) is 0.329. The van der Waals surface area contributed by atoms with E-state index in [9.17, 15) is 4.79 Å². The van der Waals surface area contributed by atoms with Gasteiger partial charge in [-0.15, -0.1) is 0 Å². The first kappa shape index (κ1) is 14.2. The monoisotopic (exact) mass is 282 g/mol. The van der Waals surface area contributed by atoms with Crippen molar-refractivity contribution in [3.8, 4) is 0 Å². The molecule has 0 atom stereocenters. The van der Waals surface area contributed by atoms with E-state index >= 15 is 0 Å². The third-order valence-electron chi connectivity index (χ3n) is 3.64. The van der Waals surface area contributed by atoms with Crippen LogP contribution in [-0.4, -0.2) is 42.7 Å². The minimum absolute atomic E-state index is 0.00300. The molecular formula is C14H19ClN2O2. The summed E-state index contributed by atoms with van der Waals surface area (Å²) in [7, 11) is 1.79. The van der Waals surface area contributed by atoms with Gasteiger partial charge in [-0.3, -0.25) is 4.79 Å². The van der Waals surface area contributed by atoms with Crippen molar-refractivity contribution in [3.05, 3.63) is 28.8 Å². The number of carbonyl (C=O) groups excluding carboxylic acids is 1. The van der Waals surface area contributed by atoms with Crippen LogP contribution in [0.3, 0.4) is 0 Å². The summed E-state index contributed by atoms with van der Waals surface area (Å²) in [4.78, 5) is 14.3. The summed E-state index contributed by atoms with van der Waals surface area (Å²) in [6.07, 6.45) is 1.72. The highest BCUT2D eigenvalue weighted by Crippen LogP contribution is 2.24. The quantitative estimate of drug-likeness (QED) is 0.894. The molecule has 0 spiro atoms.